The van der Waals surface area contributed by atoms with Gasteiger partial charge in [0.1, 0.15) is 5.69 Å². The Morgan fingerprint density at radius 3 is 2.47 bits per heavy atom. The number of rotatable bonds is 5. The van der Waals surface area contributed by atoms with Crippen molar-refractivity contribution in [1.29, 1.82) is 0 Å². The summed E-state index contributed by atoms with van der Waals surface area (Å²) in [5.74, 6) is 0. The molecule has 0 bridgehead atoms. The molecule has 0 aliphatic heterocycles. The number of anilines is 1. The summed E-state index contributed by atoms with van der Waals surface area (Å²) < 4.78 is 0. The molecular weight excluding hydrogens is 228 g/mol. The third-order valence-corrected chi connectivity index (χ3v) is 2.14. The Labute approximate surface area is 96.7 Å². The van der Waals surface area contributed by atoms with Gasteiger partial charge in [-0.3, -0.25) is 20.2 Å². The van der Waals surface area contributed by atoms with Crippen LogP contribution in [0.25, 0.3) is 0 Å². The Kier molecular flexibility index (Phi) is 3.94. The molecule has 0 amide bonds. The van der Waals surface area contributed by atoms with Gasteiger partial charge in [-0.2, -0.15) is 0 Å². The fraction of sp³-hybridized carbons (Fsp3) is 0.333. The molecular formula is C9H12N4O4. The fourth-order valence-corrected chi connectivity index (χ4v) is 1.23. The van der Waals surface area contributed by atoms with E-state index in [0.29, 0.717) is 6.54 Å². The largest absolute Gasteiger partial charge is 0.376 e. The third-order valence-electron chi connectivity index (χ3n) is 2.14. The van der Waals surface area contributed by atoms with E-state index in [4.69, 9.17) is 5.73 Å². The first-order chi connectivity index (χ1) is 7.95. The average Bonchev–Trinajstić information content (AvgIpc) is 2.28. The average molecular weight is 240 g/mol. The SMILES string of the molecule is CC(CN)Nc1ccc([N+](=O)[O-])cc1[N+](=O)[O-]. The van der Waals surface area contributed by atoms with Crippen LogP contribution >= 0.6 is 0 Å². The van der Waals surface area contributed by atoms with Gasteiger partial charge in [0.15, 0.2) is 0 Å². The van der Waals surface area contributed by atoms with E-state index in [2.05, 4.69) is 5.32 Å². The Bertz CT molecular complexity index is 449. The highest BCUT2D eigenvalue weighted by Crippen LogP contribution is 2.29. The Balaban J connectivity index is 3.13. The molecule has 0 radical (unpaired) electrons. The number of nitro benzene ring substituents is 2. The molecule has 1 aromatic carbocycles. The van der Waals surface area contributed by atoms with Crippen molar-refractivity contribution in [3.8, 4) is 0 Å². The van der Waals surface area contributed by atoms with Crippen LogP contribution in [0.15, 0.2) is 18.2 Å². The number of nitrogens with zero attached hydrogens (tertiary/aromatic N) is 2. The van der Waals surface area contributed by atoms with Crippen molar-refractivity contribution in [3.05, 3.63) is 38.4 Å². The van der Waals surface area contributed by atoms with Gasteiger partial charge in [0.2, 0.25) is 0 Å². The van der Waals surface area contributed by atoms with Crippen LogP contribution in [0.1, 0.15) is 6.92 Å². The monoisotopic (exact) mass is 240 g/mol. The quantitative estimate of drug-likeness (QED) is 0.589. The zero-order chi connectivity index (χ0) is 13.0. The van der Waals surface area contributed by atoms with Crippen molar-refractivity contribution in [2.45, 2.75) is 13.0 Å². The molecule has 8 nitrogen and oxygen atoms in total. The molecule has 1 unspecified atom stereocenters. The van der Waals surface area contributed by atoms with Crippen LogP contribution in [0.3, 0.4) is 0 Å². The summed E-state index contributed by atoms with van der Waals surface area (Å²) in [4.78, 5) is 19.9. The normalized spacial score (nSPS) is 11.9. The second-order valence-electron chi connectivity index (χ2n) is 3.50. The van der Waals surface area contributed by atoms with Gasteiger partial charge in [-0.15, -0.1) is 0 Å². The second kappa shape index (κ2) is 5.21. The van der Waals surface area contributed by atoms with E-state index in [0.717, 1.165) is 6.07 Å². The number of hydrogen-bond donors (Lipinski definition) is 2. The van der Waals surface area contributed by atoms with Crippen LogP contribution in [-0.2, 0) is 0 Å². The van der Waals surface area contributed by atoms with Crippen LogP contribution in [0.5, 0.6) is 0 Å². The van der Waals surface area contributed by atoms with E-state index in [1.165, 1.54) is 12.1 Å². The first-order valence-electron chi connectivity index (χ1n) is 4.85. The lowest BCUT2D eigenvalue weighted by atomic mass is 10.2. The van der Waals surface area contributed by atoms with Crippen molar-refractivity contribution in [2.75, 3.05) is 11.9 Å². The maximum atomic E-state index is 10.8. The smallest absolute Gasteiger partial charge is 0.299 e. The molecule has 8 heteroatoms. The summed E-state index contributed by atoms with van der Waals surface area (Å²) in [5.41, 5.74) is 4.95. The van der Waals surface area contributed by atoms with E-state index in [-0.39, 0.29) is 23.1 Å². The van der Waals surface area contributed by atoms with Crippen LogP contribution in [0.4, 0.5) is 17.1 Å². The third kappa shape index (κ3) is 3.11. The summed E-state index contributed by atoms with van der Waals surface area (Å²) in [7, 11) is 0. The van der Waals surface area contributed by atoms with E-state index in [1.807, 2.05) is 0 Å². The highest BCUT2D eigenvalue weighted by Gasteiger charge is 2.19. The van der Waals surface area contributed by atoms with Crippen LogP contribution < -0.4 is 11.1 Å². The lowest BCUT2D eigenvalue weighted by Gasteiger charge is -2.12. The molecule has 0 aromatic heterocycles. The van der Waals surface area contributed by atoms with Gasteiger partial charge < -0.3 is 11.1 Å². The molecule has 1 atom stereocenters. The van der Waals surface area contributed by atoms with Crippen LogP contribution in [-0.4, -0.2) is 22.4 Å². The zero-order valence-electron chi connectivity index (χ0n) is 9.12. The standard InChI is InChI=1S/C9H12N4O4/c1-6(5-10)11-8-3-2-7(12(14)15)4-9(8)13(16)17/h2-4,6,11H,5,10H2,1H3. The number of nitro groups is 2. The Morgan fingerprint density at radius 2 is 2.00 bits per heavy atom. The summed E-state index contributed by atoms with van der Waals surface area (Å²) in [5, 5.41) is 24.1. The summed E-state index contributed by atoms with van der Waals surface area (Å²) in [6, 6.07) is 3.28. The minimum Gasteiger partial charge on any atom is -0.376 e. The minimum atomic E-state index is -0.677. The summed E-state index contributed by atoms with van der Waals surface area (Å²) >= 11 is 0. The molecule has 0 saturated carbocycles. The van der Waals surface area contributed by atoms with Gasteiger partial charge in [0.25, 0.3) is 11.4 Å². The summed E-state index contributed by atoms with van der Waals surface area (Å²) in [6.07, 6.45) is 0. The fourth-order valence-electron chi connectivity index (χ4n) is 1.23. The Morgan fingerprint density at radius 1 is 1.35 bits per heavy atom. The van der Waals surface area contributed by atoms with E-state index >= 15 is 0 Å². The molecule has 17 heavy (non-hydrogen) atoms. The van der Waals surface area contributed by atoms with E-state index in [1.54, 1.807) is 6.92 Å². The van der Waals surface area contributed by atoms with Crippen molar-refractivity contribution in [2.24, 2.45) is 5.73 Å². The molecule has 0 fully saturated rings. The molecule has 1 aromatic rings. The number of hydrogen-bond acceptors (Lipinski definition) is 6. The summed E-state index contributed by atoms with van der Waals surface area (Å²) in [6.45, 7) is 2.05. The zero-order valence-corrected chi connectivity index (χ0v) is 9.12. The van der Waals surface area contributed by atoms with Crippen molar-refractivity contribution < 1.29 is 9.85 Å². The molecule has 0 aliphatic rings. The minimum absolute atomic E-state index is 0.157. The molecule has 0 spiro atoms. The molecule has 1 rings (SSSR count). The second-order valence-corrected chi connectivity index (χ2v) is 3.50. The highest BCUT2D eigenvalue weighted by atomic mass is 16.6. The topological polar surface area (TPSA) is 124 Å². The number of non-ortho nitro benzene ring substituents is 1. The lowest BCUT2D eigenvalue weighted by Crippen LogP contribution is -2.25. The predicted molar refractivity (Wildman–Crippen MR) is 61.9 cm³/mol. The number of benzene rings is 1. The van der Waals surface area contributed by atoms with Crippen LogP contribution in [0, 0.1) is 20.2 Å². The molecule has 92 valence electrons. The van der Waals surface area contributed by atoms with Crippen molar-refractivity contribution in [1.82, 2.24) is 0 Å². The number of nitrogens with one attached hydrogen (secondary N) is 1. The number of nitrogens with two attached hydrogens (primary N) is 1. The van der Waals surface area contributed by atoms with Gasteiger partial charge in [0.05, 0.1) is 15.9 Å². The maximum absolute atomic E-state index is 10.8. The van der Waals surface area contributed by atoms with Gasteiger partial charge in [-0.1, -0.05) is 0 Å². The molecule has 0 saturated heterocycles. The first-order valence-corrected chi connectivity index (χ1v) is 4.85. The highest BCUT2D eigenvalue weighted by molar-refractivity contribution is 5.65. The molecule has 0 aliphatic carbocycles. The van der Waals surface area contributed by atoms with E-state index in [9.17, 15) is 20.2 Å². The maximum Gasteiger partial charge on any atom is 0.299 e. The van der Waals surface area contributed by atoms with Gasteiger partial charge >= 0.3 is 0 Å². The van der Waals surface area contributed by atoms with E-state index < -0.39 is 9.85 Å². The Hall–Kier alpha value is -2.22. The van der Waals surface area contributed by atoms with Gasteiger partial charge in [-0.05, 0) is 13.0 Å². The van der Waals surface area contributed by atoms with Gasteiger partial charge in [-0.25, -0.2) is 0 Å². The van der Waals surface area contributed by atoms with Gasteiger partial charge in [0, 0.05) is 18.7 Å². The molecule has 0 heterocycles. The lowest BCUT2D eigenvalue weighted by molar-refractivity contribution is -0.393. The van der Waals surface area contributed by atoms with Crippen LogP contribution in [0.2, 0.25) is 0 Å². The molecule has 3 N–H and O–H groups in total. The predicted octanol–water partition coefficient (Wildman–Crippen LogP) is 1.26. The van der Waals surface area contributed by atoms with Crippen molar-refractivity contribution in [3.63, 3.8) is 0 Å². The first kappa shape index (κ1) is 12.8. The van der Waals surface area contributed by atoms with Crippen molar-refractivity contribution >= 4 is 17.1 Å².